The number of rotatable bonds is 2. The molecule has 19 heavy (non-hydrogen) atoms. The Morgan fingerprint density at radius 2 is 2.16 bits per heavy atom. The highest BCUT2D eigenvalue weighted by molar-refractivity contribution is 5.22. The van der Waals surface area contributed by atoms with Crippen molar-refractivity contribution in [1.29, 1.82) is 0 Å². The lowest BCUT2D eigenvalue weighted by Crippen LogP contribution is -2.24. The number of aryl methyl sites for hydroxylation is 2. The Morgan fingerprint density at radius 1 is 1.37 bits per heavy atom. The highest BCUT2D eigenvalue weighted by atomic mass is 16.1. The fourth-order valence-electron chi connectivity index (χ4n) is 2.44. The predicted molar refractivity (Wildman–Crippen MR) is 66.1 cm³/mol. The van der Waals surface area contributed by atoms with Gasteiger partial charge in [-0.15, -0.1) is 5.10 Å². The molecule has 0 saturated carbocycles. The maximum Gasteiger partial charge on any atom is 0.255 e. The van der Waals surface area contributed by atoms with E-state index in [1.165, 1.54) is 0 Å². The molecule has 1 unspecified atom stereocenters. The quantitative estimate of drug-likeness (QED) is 0.796. The summed E-state index contributed by atoms with van der Waals surface area (Å²) in [7, 11) is 1.81. The number of fused-ring (bicyclic) bond motifs is 1. The van der Waals surface area contributed by atoms with Crippen LogP contribution in [0.2, 0.25) is 0 Å². The van der Waals surface area contributed by atoms with E-state index in [9.17, 15) is 4.79 Å². The van der Waals surface area contributed by atoms with Crippen molar-refractivity contribution >= 4 is 0 Å². The van der Waals surface area contributed by atoms with Gasteiger partial charge in [-0.25, -0.2) is 9.67 Å². The molecular weight excluding hydrogens is 246 g/mol. The summed E-state index contributed by atoms with van der Waals surface area (Å²) in [5, 5.41) is 11.5. The average Bonchev–Trinajstić information content (AvgIpc) is 2.94. The van der Waals surface area contributed by atoms with Crippen molar-refractivity contribution < 1.29 is 0 Å². The number of nitrogens with one attached hydrogen (secondary N) is 1. The Bertz CT molecular complexity index is 674. The first kappa shape index (κ1) is 12.0. The predicted octanol–water partition coefficient (Wildman–Crippen LogP) is -0.321. The monoisotopic (exact) mass is 261 g/mol. The first-order valence-corrected chi connectivity index (χ1v) is 6.11. The van der Waals surface area contributed by atoms with E-state index in [1.54, 1.807) is 11.6 Å². The van der Waals surface area contributed by atoms with Gasteiger partial charge in [0.1, 0.15) is 5.82 Å². The number of aromatic nitrogens is 6. The second-order valence-corrected chi connectivity index (χ2v) is 4.82. The zero-order chi connectivity index (χ0) is 13.6. The van der Waals surface area contributed by atoms with Crippen molar-refractivity contribution in [2.45, 2.75) is 33.0 Å². The van der Waals surface area contributed by atoms with E-state index in [0.29, 0.717) is 18.9 Å². The van der Waals surface area contributed by atoms with Crippen LogP contribution >= 0.6 is 0 Å². The molecular formula is C11H15N7O. The van der Waals surface area contributed by atoms with Gasteiger partial charge in [0.05, 0.1) is 17.3 Å². The van der Waals surface area contributed by atoms with Crippen molar-refractivity contribution in [3.05, 3.63) is 33.3 Å². The van der Waals surface area contributed by atoms with Gasteiger partial charge in [0.2, 0.25) is 0 Å². The lowest BCUT2D eigenvalue weighted by Gasteiger charge is -2.21. The van der Waals surface area contributed by atoms with Gasteiger partial charge in [-0.3, -0.25) is 9.69 Å². The van der Waals surface area contributed by atoms with Crippen molar-refractivity contribution in [3.63, 3.8) is 0 Å². The Labute approximate surface area is 109 Å². The first-order chi connectivity index (χ1) is 9.06. The van der Waals surface area contributed by atoms with Crippen LogP contribution in [0.1, 0.15) is 35.9 Å². The van der Waals surface area contributed by atoms with Crippen LogP contribution in [0.5, 0.6) is 0 Å². The third-order valence-corrected chi connectivity index (χ3v) is 3.51. The van der Waals surface area contributed by atoms with Crippen LogP contribution in [0, 0.1) is 6.92 Å². The van der Waals surface area contributed by atoms with Crippen LogP contribution in [0.15, 0.2) is 4.79 Å². The van der Waals surface area contributed by atoms with E-state index >= 15 is 0 Å². The van der Waals surface area contributed by atoms with Gasteiger partial charge in [0.25, 0.3) is 5.56 Å². The van der Waals surface area contributed by atoms with Crippen LogP contribution < -0.4 is 5.56 Å². The number of H-pyrrole nitrogens is 1. The molecule has 1 aliphatic heterocycles. The van der Waals surface area contributed by atoms with Gasteiger partial charge >= 0.3 is 0 Å². The van der Waals surface area contributed by atoms with Crippen LogP contribution in [0.3, 0.4) is 0 Å². The molecule has 2 aromatic rings. The maximum atomic E-state index is 11.9. The molecule has 0 amide bonds. The topological polar surface area (TPSA) is 92.6 Å². The van der Waals surface area contributed by atoms with E-state index in [0.717, 1.165) is 17.1 Å². The molecule has 1 aliphatic rings. The molecule has 0 aromatic carbocycles. The summed E-state index contributed by atoms with van der Waals surface area (Å²) < 4.78 is 1.65. The minimum Gasteiger partial charge on any atom is -0.310 e. The third kappa shape index (κ3) is 1.93. The van der Waals surface area contributed by atoms with E-state index in [1.807, 2.05) is 14.0 Å². The van der Waals surface area contributed by atoms with Gasteiger partial charge in [-0.05, 0) is 24.3 Å². The smallest absolute Gasteiger partial charge is 0.255 e. The zero-order valence-corrected chi connectivity index (χ0v) is 11.1. The highest BCUT2D eigenvalue weighted by Gasteiger charge is 2.29. The number of tetrazole rings is 1. The average molecular weight is 261 g/mol. The summed E-state index contributed by atoms with van der Waals surface area (Å²) in [6, 6.07) is 0.0360. The molecule has 0 spiro atoms. The molecule has 0 radical (unpaired) electrons. The molecule has 3 heterocycles. The van der Waals surface area contributed by atoms with Gasteiger partial charge < -0.3 is 4.98 Å². The normalized spacial score (nSPS) is 16.6. The van der Waals surface area contributed by atoms with Gasteiger partial charge in [0.15, 0.2) is 5.82 Å². The standard InChI is InChI=1S/C11H15N7O/c1-6(10-14-15-16-17(10)3)18-4-8-9(5-18)12-7(2)13-11(8)19/h6H,4-5H2,1-3H3,(H,12,13,19). The largest absolute Gasteiger partial charge is 0.310 e. The van der Waals surface area contributed by atoms with Crippen LogP contribution in [-0.4, -0.2) is 35.1 Å². The molecule has 8 heteroatoms. The molecule has 1 N–H and O–H groups in total. The van der Waals surface area contributed by atoms with Crippen molar-refractivity contribution in [1.82, 2.24) is 35.1 Å². The highest BCUT2D eigenvalue weighted by Crippen LogP contribution is 2.26. The lowest BCUT2D eigenvalue weighted by atomic mass is 10.2. The molecule has 100 valence electrons. The molecule has 0 aliphatic carbocycles. The molecule has 2 aromatic heterocycles. The van der Waals surface area contributed by atoms with Crippen LogP contribution in [-0.2, 0) is 20.1 Å². The molecule has 8 nitrogen and oxygen atoms in total. The molecule has 3 rings (SSSR count). The summed E-state index contributed by atoms with van der Waals surface area (Å²) >= 11 is 0. The van der Waals surface area contributed by atoms with Gasteiger partial charge in [-0.1, -0.05) is 0 Å². The number of aromatic amines is 1. The second kappa shape index (κ2) is 4.23. The number of hydrogen-bond donors (Lipinski definition) is 1. The maximum absolute atomic E-state index is 11.9. The molecule has 1 atom stereocenters. The van der Waals surface area contributed by atoms with E-state index < -0.39 is 0 Å². The molecule has 0 saturated heterocycles. The zero-order valence-electron chi connectivity index (χ0n) is 11.1. The SMILES string of the molecule is Cc1nc2c(c(=O)[nH]1)CN(C(C)c1nnnn1C)C2. The Kier molecular flexibility index (Phi) is 2.67. The van der Waals surface area contributed by atoms with Gasteiger partial charge in [-0.2, -0.15) is 0 Å². The van der Waals surface area contributed by atoms with Gasteiger partial charge in [0, 0.05) is 20.1 Å². The number of nitrogens with zero attached hydrogens (tertiary/aromatic N) is 6. The Morgan fingerprint density at radius 3 is 2.84 bits per heavy atom. The summed E-state index contributed by atoms with van der Waals surface area (Å²) in [5.41, 5.74) is 1.55. The van der Waals surface area contributed by atoms with Crippen LogP contribution in [0.4, 0.5) is 0 Å². The third-order valence-electron chi connectivity index (χ3n) is 3.51. The number of hydrogen-bond acceptors (Lipinski definition) is 6. The molecule has 0 bridgehead atoms. The summed E-state index contributed by atoms with van der Waals surface area (Å²) in [4.78, 5) is 21.2. The Balaban J connectivity index is 1.90. The van der Waals surface area contributed by atoms with E-state index in [-0.39, 0.29) is 11.6 Å². The van der Waals surface area contributed by atoms with Crippen molar-refractivity contribution in [3.8, 4) is 0 Å². The van der Waals surface area contributed by atoms with E-state index in [4.69, 9.17) is 0 Å². The lowest BCUT2D eigenvalue weighted by molar-refractivity contribution is 0.201. The summed E-state index contributed by atoms with van der Waals surface area (Å²) in [6.45, 7) is 5.04. The fourth-order valence-corrected chi connectivity index (χ4v) is 2.44. The minimum atomic E-state index is -0.0479. The fraction of sp³-hybridized carbons (Fsp3) is 0.545. The summed E-state index contributed by atoms with van der Waals surface area (Å²) in [6.07, 6.45) is 0. The van der Waals surface area contributed by atoms with Crippen molar-refractivity contribution in [2.75, 3.05) is 0 Å². The first-order valence-electron chi connectivity index (χ1n) is 6.11. The van der Waals surface area contributed by atoms with Crippen molar-refractivity contribution in [2.24, 2.45) is 7.05 Å². The molecule has 0 fully saturated rings. The van der Waals surface area contributed by atoms with E-state index in [2.05, 4.69) is 30.4 Å². The van der Waals surface area contributed by atoms with Crippen LogP contribution in [0.25, 0.3) is 0 Å². The minimum absolute atomic E-state index is 0.0360. The second-order valence-electron chi connectivity index (χ2n) is 4.82. The Hall–Kier alpha value is -2.09. The summed E-state index contributed by atoms with van der Waals surface area (Å²) in [5.74, 6) is 1.43.